The first-order chi connectivity index (χ1) is 42.3. The maximum Gasteiger partial charge on any atom is 0.181 e. The molecule has 0 saturated heterocycles. The molecular formula is C74H98S10Si8. The van der Waals surface area contributed by atoms with E-state index in [0.717, 1.165) is 0 Å². The van der Waals surface area contributed by atoms with E-state index < -0.39 is 63.6 Å². The molecule has 0 amide bonds. The molecule has 0 aliphatic rings. The Bertz CT molecular complexity index is 3940. The van der Waals surface area contributed by atoms with Gasteiger partial charge in [-0.2, -0.15) is 0 Å². The summed E-state index contributed by atoms with van der Waals surface area (Å²) < 4.78 is 15.5. The van der Waals surface area contributed by atoms with E-state index in [9.17, 15) is 0 Å². The standard InChI is InChI=1S/C74H98S10Si8/c1-71(2,3)87(17,18)61-39-29-53(77-61)57-33-43-67(81-57)91(25,68-44-34-58(82-68)54-30-40-62(78-54)88(19,20)72(4,5)6)65-37-27-51(75-65)47-49-85(13,14)86(15,16)50-48-52-28-38-66(76-52)92(26,69-45-35-59(83-69)55-31-41-63(79-55)89(21,22)73(7,8)9)70-46-36-60(84-70)56-32-42-64(80-56)90(23,24)74(10,11)12/h27-46H,1-26H3. The predicted octanol–water partition coefficient (Wildman–Crippen LogP) is 21.0. The number of thiophene rings is 10. The van der Waals surface area contributed by atoms with E-state index in [0.29, 0.717) is 20.2 Å². The third kappa shape index (κ3) is 13.6. The first kappa shape index (κ1) is 72.6. The maximum absolute atomic E-state index is 4.04. The molecule has 0 atom stereocenters. The van der Waals surface area contributed by atoms with Crippen LogP contribution in [0.1, 0.15) is 92.8 Å². The Labute approximate surface area is 603 Å². The molecule has 0 aliphatic heterocycles. The van der Waals surface area contributed by atoms with Crippen molar-refractivity contribution < 1.29 is 0 Å². The van der Waals surface area contributed by atoms with Crippen LogP contribution in [0.2, 0.25) is 112 Å². The molecule has 18 heteroatoms. The second-order valence-corrected chi connectivity index (χ2v) is 91.0. The average Bonchev–Trinajstić information content (AvgIpc) is 1.60. The zero-order valence-electron chi connectivity index (χ0n) is 59.6. The summed E-state index contributed by atoms with van der Waals surface area (Å²) in [6, 6.07) is 48.8. The van der Waals surface area contributed by atoms with Gasteiger partial charge in [-0.05, 0) is 98.8 Å². The molecule has 0 aromatic carbocycles. The molecule has 10 aromatic rings. The van der Waals surface area contributed by atoms with E-state index in [-0.39, 0.29) is 0 Å². The van der Waals surface area contributed by atoms with Crippen LogP contribution in [0.15, 0.2) is 121 Å². The third-order valence-corrected chi connectivity index (χ3v) is 90.9. The number of hydrogen-bond donors (Lipinski definition) is 0. The van der Waals surface area contributed by atoms with Gasteiger partial charge in [-0.1, -0.05) is 247 Å². The van der Waals surface area contributed by atoms with Crippen molar-refractivity contribution in [2.75, 3.05) is 0 Å². The fraction of sp³-hybridized carbons (Fsp3) is 0.405. The number of rotatable bonds is 15. The Morgan fingerprint density at radius 3 is 0.576 bits per heavy atom. The molecule has 486 valence electrons. The molecule has 0 nitrogen and oxygen atoms in total. The summed E-state index contributed by atoms with van der Waals surface area (Å²) >= 11 is 20.3. The minimum Gasteiger partial charge on any atom is -0.144 e. The summed E-state index contributed by atoms with van der Waals surface area (Å²) in [5.74, 6) is 7.75. The summed E-state index contributed by atoms with van der Waals surface area (Å²) in [4.78, 5) is 13.6. The van der Waals surface area contributed by atoms with Gasteiger partial charge < -0.3 is 0 Å². The predicted molar refractivity (Wildman–Crippen MR) is 456 cm³/mol. The second-order valence-electron chi connectivity index (χ2n) is 33.1. The molecule has 0 saturated carbocycles. The Balaban J connectivity index is 0.960. The van der Waals surface area contributed by atoms with Crippen LogP contribution in [-0.2, 0) is 0 Å². The Hall–Kier alpha value is -2.14. The number of hydrogen-bond acceptors (Lipinski definition) is 10. The zero-order chi connectivity index (χ0) is 67.6. The van der Waals surface area contributed by atoms with Crippen molar-refractivity contribution in [3.05, 3.63) is 131 Å². The second kappa shape index (κ2) is 25.5. The van der Waals surface area contributed by atoms with Crippen LogP contribution in [0, 0.1) is 22.9 Å². The summed E-state index contributed by atoms with van der Waals surface area (Å²) in [6.45, 7) is 64.8. The van der Waals surface area contributed by atoms with Crippen LogP contribution >= 0.6 is 113 Å². The summed E-state index contributed by atoms with van der Waals surface area (Å²) in [7, 11) is -15.8. The van der Waals surface area contributed by atoms with Gasteiger partial charge in [0, 0.05) is 66.0 Å². The van der Waals surface area contributed by atoms with Gasteiger partial charge in [0.2, 0.25) is 0 Å². The fourth-order valence-corrected chi connectivity index (χ4v) is 52.1. The largest absolute Gasteiger partial charge is 0.181 e. The van der Waals surface area contributed by atoms with Crippen molar-refractivity contribution in [3.63, 3.8) is 0 Å². The van der Waals surface area contributed by atoms with E-state index in [2.05, 4.69) is 319 Å². The molecule has 10 rings (SSSR count). The van der Waals surface area contributed by atoms with Gasteiger partial charge in [0.15, 0.2) is 16.1 Å². The van der Waals surface area contributed by atoms with Crippen LogP contribution in [0.3, 0.4) is 0 Å². The highest BCUT2D eigenvalue weighted by Crippen LogP contribution is 2.44. The summed E-state index contributed by atoms with van der Waals surface area (Å²) in [5, 5.41) is 1.18. The van der Waals surface area contributed by atoms with Gasteiger partial charge in [0.25, 0.3) is 0 Å². The molecule has 0 spiro atoms. The van der Waals surface area contributed by atoms with Crippen molar-refractivity contribution in [2.24, 2.45) is 0 Å². The molecule has 92 heavy (non-hydrogen) atoms. The quantitative estimate of drug-likeness (QED) is 0.0709. The van der Waals surface area contributed by atoms with Crippen molar-refractivity contribution in [2.45, 2.75) is 195 Å². The highest BCUT2D eigenvalue weighted by molar-refractivity contribution is 7.50. The fourth-order valence-electron chi connectivity index (χ4n) is 10.5. The van der Waals surface area contributed by atoms with Crippen molar-refractivity contribution in [1.29, 1.82) is 0 Å². The Morgan fingerprint density at radius 2 is 0.380 bits per heavy atom. The lowest BCUT2D eigenvalue weighted by atomic mass is 10.2. The lowest BCUT2D eigenvalue weighted by molar-refractivity contribution is 0.730. The van der Waals surface area contributed by atoms with E-state index in [1.165, 1.54) is 75.8 Å². The van der Waals surface area contributed by atoms with Crippen LogP contribution in [0.5, 0.6) is 0 Å². The molecule has 0 bridgehead atoms. The topological polar surface area (TPSA) is 0 Å². The van der Waals surface area contributed by atoms with E-state index in [4.69, 9.17) is 0 Å². The minimum absolute atomic E-state index is 0.295. The minimum atomic E-state index is -2.45. The van der Waals surface area contributed by atoms with Crippen LogP contribution in [0.25, 0.3) is 39.0 Å². The molecule has 0 N–H and O–H groups in total. The van der Waals surface area contributed by atoms with Gasteiger partial charge in [0.1, 0.15) is 15.2 Å². The molecule has 0 fully saturated rings. The van der Waals surface area contributed by atoms with E-state index >= 15 is 0 Å². The molecule has 0 aliphatic carbocycles. The van der Waals surface area contributed by atoms with Crippen LogP contribution in [0.4, 0.5) is 0 Å². The van der Waals surface area contributed by atoms with Crippen LogP contribution < -0.4 is 45.0 Å². The molecule has 0 radical (unpaired) electrons. The third-order valence-electron chi connectivity index (χ3n) is 22.5. The van der Waals surface area contributed by atoms with E-state index in [1.807, 2.05) is 113 Å². The summed E-state index contributed by atoms with van der Waals surface area (Å²) in [5.41, 5.74) is 8.08. The first-order valence-corrected chi connectivity index (χ1v) is 64.6. The molecule has 10 aromatic heterocycles. The highest BCUT2D eigenvalue weighted by atomic mass is 32.1. The highest BCUT2D eigenvalue weighted by Gasteiger charge is 2.45. The Kier molecular flexibility index (Phi) is 20.2. The smallest absolute Gasteiger partial charge is 0.144 e. The van der Waals surface area contributed by atoms with Gasteiger partial charge in [0.05, 0.1) is 42.0 Å². The van der Waals surface area contributed by atoms with Crippen molar-refractivity contribution in [3.8, 4) is 61.9 Å². The normalized spacial score (nSPS) is 13.8. The van der Waals surface area contributed by atoms with Gasteiger partial charge in [-0.25, -0.2) is 0 Å². The lowest BCUT2D eigenvalue weighted by Gasteiger charge is -2.35. The van der Waals surface area contributed by atoms with Crippen LogP contribution in [-0.4, -0.2) is 63.6 Å². The molecule has 0 unspecified atom stereocenters. The van der Waals surface area contributed by atoms with Gasteiger partial charge in [-0.15, -0.1) is 124 Å². The molecular weight excluding hydrogens is 1430 g/mol. The van der Waals surface area contributed by atoms with Gasteiger partial charge in [-0.3, -0.25) is 0 Å². The van der Waals surface area contributed by atoms with Gasteiger partial charge >= 0.3 is 0 Å². The summed E-state index contributed by atoms with van der Waals surface area (Å²) in [6.07, 6.45) is 0. The zero-order valence-corrected chi connectivity index (χ0v) is 75.8. The van der Waals surface area contributed by atoms with Crippen molar-refractivity contribution in [1.82, 2.24) is 0 Å². The van der Waals surface area contributed by atoms with E-state index in [1.54, 1.807) is 18.0 Å². The molecule has 10 heterocycles. The first-order valence-electron chi connectivity index (χ1n) is 32.4. The maximum atomic E-state index is 4.04. The van der Waals surface area contributed by atoms with Crippen molar-refractivity contribution >= 4 is 222 Å². The average molecular weight is 1530 g/mol. The lowest BCUT2D eigenvalue weighted by Crippen LogP contribution is -2.61. The Morgan fingerprint density at radius 1 is 0.217 bits per heavy atom. The monoisotopic (exact) mass is 1530 g/mol. The SMILES string of the molecule is CC(C)(C)[Si](C)(C)c1ccc(-c2ccc([Si](C)(c3ccc(C#C[Si](C)(C)[Si](C)(C)C#Cc4ccc([Si](C)(c5ccc(-c6ccc([Si](C)(C)C(C)(C)C)s6)s5)c5ccc(-c6ccc([Si](C)(C)C(C)(C)C)s6)s5)s4)s3)c3ccc(-c4ccc([Si](C)(C)C(C)(C)C)s4)s3)s2)s1.